The summed E-state index contributed by atoms with van der Waals surface area (Å²) in [5.74, 6) is 2.65. The summed E-state index contributed by atoms with van der Waals surface area (Å²) in [4.78, 5) is 29.2. The lowest BCUT2D eigenvalue weighted by Gasteiger charge is -2.45. The van der Waals surface area contributed by atoms with Gasteiger partial charge in [0.15, 0.2) is 0 Å². The summed E-state index contributed by atoms with van der Waals surface area (Å²) in [7, 11) is 0. The van der Waals surface area contributed by atoms with Gasteiger partial charge in [0.25, 0.3) is 5.91 Å². The summed E-state index contributed by atoms with van der Waals surface area (Å²) in [6, 6.07) is 4.28. The first kappa shape index (κ1) is 26.1. The molecule has 0 saturated heterocycles. The van der Waals surface area contributed by atoms with E-state index in [1.807, 2.05) is 43.5 Å². The molecule has 1 saturated carbocycles. The van der Waals surface area contributed by atoms with Gasteiger partial charge < -0.3 is 14.8 Å². The molecule has 7 heteroatoms. The number of fused-ring (bicyclic) bond motifs is 3. The van der Waals surface area contributed by atoms with Gasteiger partial charge in [-0.2, -0.15) is 11.8 Å². The number of thioether (sulfide) groups is 1. The molecule has 3 unspecified atom stereocenters. The third-order valence-electron chi connectivity index (χ3n) is 6.98. The SMILES string of the molecule is CC.CCCSCCCN1C(=O)c2cc3sccc3n2CC1(C)C(=O)NC1CCCCC1C. The molecule has 1 aliphatic carbocycles. The van der Waals surface area contributed by atoms with Gasteiger partial charge in [-0.1, -0.05) is 40.5 Å². The van der Waals surface area contributed by atoms with Crippen LogP contribution in [0.4, 0.5) is 0 Å². The van der Waals surface area contributed by atoms with Crippen LogP contribution in [0.5, 0.6) is 0 Å². The number of aromatic nitrogens is 1. The predicted octanol–water partition coefficient (Wildman–Crippen LogP) is 6.17. The summed E-state index contributed by atoms with van der Waals surface area (Å²) in [6.45, 7) is 11.5. The number of rotatable bonds is 8. The lowest BCUT2D eigenvalue weighted by Crippen LogP contribution is -2.65. The Morgan fingerprint density at radius 2 is 2.03 bits per heavy atom. The molecule has 0 spiro atoms. The van der Waals surface area contributed by atoms with Gasteiger partial charge in [-0.05, 0) is 67.5 Å². The van der Waals surface area contributed by atoms with Crippen LogP contribution < -0.4 is 5.32 Å². The predicted molar refractivity (Wildman–Crippen MR) is 142 cm³/mol. The van der Waals surface area contributed by atoms with E-state index in [1.54, 1.807) is 11.3 Å². The Kier molecular flexibility index (Phi) is 9.34. The lowest BCUT2D eigenvalue weighted by atomic mass is 9.85. The largest absolute Gasteiger partial charge is 0.351 e. The zero-order chi connectivity index (χ0) is 24.0. The molecule has 1 N–H and O–H groups in total. The van der Waals surface area contributed by atoms with E-state index in [4.69, 9.17) is 0 Å². The second-order valence-corrected chi connectivity index (χ2v) is 11.5. The fourth-order valence-corrected chi connectivity index (χ4v) is 6.70. The molecule has 3 atom stereocenters. The summed E-state index contributed by atoms with van der Waals surface area (Å²) >= 11 is 3.58. The molecule has 2 aliphatic rings. The third-order valence-corrected chi connectivity index (χ3v) is 9.11. The van der Waals surface area contributed by atoms with Crippen molar-refractivity contribution in [2.75, 3.05) is 18.1 Å². The Morgan fingerprint density at radius 3 is 2.76 bits per heavy atom. The maximum Gasteiger partial charge on any atom is 0.271 e. The smallest absolute Gasteiger partial charge is 0.271 e. The van der Waals surface area contributed by atoms with Crippen LogP contribution in [-0.2, 0) is 11.3 Å². The van der Waals surface area contributed by atoms with Crippen LogP contribution in [0.15, 0.2) is 17.5 Å². The van der Waals surface area contributed by atoms with Crippen LogP contribution in [-0.4, -0.2) is 50.9 Å². The van der Waals surface area contributed by atoms with Crippen LogP contribution in [0, 0.1) is 5.92 Å². The van der Waals surface area contributed by atoms with Crippen LogP contribution in [0.1, 0.15) is 83.6 Å². The number of carbonyl (C=O) groups excluding carboxylic acids is 2. The standard InChI is InChI=1S/C24H35N3O2S2.C2H6/c1-4-12-30-13-7-11-27-22(28)20-15-21-19(10-14-31-21)26(20)16-24(27,3)23(29)25-18-9-6-5-8-17(18)2;1-2/h10,14-15,17-18H,4-9,11-13,16H2,1-3H3,(H,25,29);1-2H3. The highest BCUT2D eigenvalue weighted by Gasteiger charge is 2.48. The second kappa shape index (κ2) is 11.8. The highest BCUT2D eigenvalue weighted by atomic mass is 32.2. The molecular formula is C26H41N3O2S2. The molecule has 184 valence electrons. The number of carbonyl (C=O) groups is 2. The van der Waals surface area contributed by atoms with Gasteiger partial charge in [0, 0.05) is 12.6 Å². The molecule has 2 aromatic heterocycles. The van der Waals surface area contributed by atoms with Crippen molar-refractivity contribution in [3.05, 3.63) is 23.2 Å². The van der Waals surface area contributed by atoms with Crippen molar-refractivity contribution in [2.45, 2.75) is 91.3 Å². The second-order valence-electron chi connectivity index (χ2n) is 9.32. The van der Waals surface area contributed by atoms with E-state index in [9.17, 15) is 9.59 Å². The fourth-order valence-electron chi connectivity index (χ4n) is 5.05. The summed E-state index contributed by atoms with van der Waals surface area (Å²) in [5, 5.41) is 5.41. The minimum absolute atomic E-state index is 0.00328. The number of hydrogen-bond acceptors (Lipinski definition) is 4. The van der Waals surface area contributed by atoms with Crippen LogP contribution in [0.3, 0.4) is 0 Å². The minimum Gasteiger partial charge on any atom is -0.351 e. The van der Waals surface area contributed by atoms with Crippen molar-refractivity contribution in [2.24, 2.45) is 5.92 Å². The van der Waals surface area contributed by atoms with Gasteiger partial charge >= 0.3 is 0 Å². The average molecular weight is 492 g/mol. The van der Waals surface area contributed by atoms with Crippen molar-refractivity contribution in [3.8, 4) is 0 Å². The summed E-state index contributed by atoms with van der Waals surface area (Å²) in [5.41, 5.74) is 0.917. The molecule has 0 aromatic carbocycles. The Bertz CT molecular complexity index is 937. The molecule has 33 heavy (non-hydrogen) atoms. The zero-order valence-electron chi connectivity index (χ0n) is 21.0. The van der Waals surface area contributed by atoms with Gasteiger partial charge in [-0.15, -0.1) is 11.3 Å². The van der Waals surface area contributed by atoms with E-state index >= 15 is 0 Å². The lowest BCUT2D eigenvalue weighted by molar-refractivity contribution is -0.134. The van der Waals surface area contributed by atoms with Crippen LogP contribution >= 0.6 is 23.1 Å². The Morgan fingerprint density at radius 1 is 1.27 bits per heavy atom. The molecule has 1 aliphatic heterocycles. The average Bonchev–Trinajstić information content (AvgIpc) is 3.41. The molecular weight excluding hydrogens is 450 g/mol. The minimum atomic E-state index is -0.870. The fraction of sp³-hybridized carbons (Fsp3) is 0.692. The number of hydrogen-bond donors (Lipinski definition) is 1. The quantitative estimate of drug-likeness (QED) is 0.449. The molecule has 4 rings (SSSR count). The Labute approximate surface area is 207 Å². The molecule has 3 heterocycles. The van der Waals surface area contributed by atoms with Gasteiger partial charge in [0.2, 0.25) is 5.91 Å². The maximum atomic E-state index is 13.7. The van der Waals surface area contributed by atoms with Gasteiger partial charge in [0.05, 0.1) is 16.8 Å². The molecule has 5 nitrogen and oxygen atoms in total. The van der Waals surface area contributed by atoms with Crippen molar-refractivity contribution in [1.82, 2.24) is 14.8 Å². The highest BCUT2D eigenvalue weighted by Crippen LogP contribution is 2.35. The first-order chi connectivity index (χ1) is 16.0. The van der Waals surface area contributed by atoms with Crippen molar-refractivity contribution in [3.63, 3.8) is 0 Å². The van der Waals surface area contributed by atoms with Gasteiger partial charge in [-0.3, -0.25) is 9.59 Å². The van der Waals surface area contributed by atoms with Crippen LogP contribution in [0.25, 0.3) is 10.2 Å². The topological polar surface area (TPSA) is 54.3 Å². The van der Waals surface area contributed by atoms with Crippen LogP contribution in [0.2, 0.25) is 0 Å². The highest BCUT2D eigenvalue weighted by molar-refractivity contribution is 7.99. The first-order valence-electron chi connectivity index (χ1n) is 12.7. The Hall–Kier alpha value is -1.47. The molecule has 1 fully saturated rings. The van der Waals surface area contributed by atoms with Crippen molar-refractivity contribution < 1.29 is 9.59 Å². The van der Waals surface area contributed by atoms with E-state index in [0.717, 1.165) is 53.1 Å². The maximum absolute atomic E-state index is 13.7. The van der Waals surface area contributed by atoms with E-state index in [-0.39, 0.29) is 17.9 Å². The number of thiophene rings is 1. The number of nitrogens with zero attached hydrogens (tertiary/aromatic N) is 2. The molecule has 2 amide bonds. The van der Waals surface area contributed by atoms with Crippen molar-refractivity contribution in [1.29, 1.82) is 0 Å². The summed E-state index contributed by atoms with van der Waals surface area (Å²) in [6.07, 6.45) is 6.68. The molecule has 0 bridgehead atoms. The first-order valence-corrected chi connectivity index (χ1v) is 14.8. The monoisotopic (exact) mass is 491 g/mol. The van der Waals surface area contributed by atoms with E-state index in [2.05, 4.69) is 35.2 Å². The molecule has 2 aromatic rings. The zero-order valence-corrected chi connectivity index (χ0v) is 22.6. The summed E-state index contributed by atoms with van der Waals surface area (Å²) < 4.78 is 3.19. The number of amides is 2. The number of nitrogens with one attached hydrogen (secondary N) is 1. The normalized spacial score (nSPS) is 24.9. The van der Waals surface area contributed by atoms with E-state index < -0.39 is 5.54 Å². The van der Waals surface area contributed by atoms with Crippen molar-refractivity contribution >= 4 is 45.1 Å². The van der Waals surface area contributed by atoms with E-state index in [0.29, 0.717) is 19.0 Å². The van der Waals surface area contributed by atoms with E-state index in [1.165, 1.54) is 12.8 Å². The van der Waals surface area contributed by atoms with Gasteiger partial charge in [-0.25, -0.2) is 0 Å². The Balaban J connectivity index is 0.00000149. The molecule has 0 radical (unpaired) electrons. The third kappa shape index (κ3) is 5.45. The van der Waals surface area contributed by atoms with Gasteiger partial charge in [0.1, 0.15) is 11.2 Å².